The van der Waals surface area contributed by atoms with Gasteiger partial charge in [-0.3, -0.25) is 4.79 Å². The molecule has 0 saturated heterocycles. The van der Waals surface area contributed by atoms with Gasteiger partial charge in [-0.2, -0.15) is 0 Å². The lowest BCUT2D eigenvalue weighted by Gasteiger charge is -2.07. The van der Waals surface area contributed by atoms with Crippen molar-refractivity contribution < 1.29 is 14.3 Å². The molecule has 1 aromatic carbocycles. The summed E-state index contributed by atoms with van der Waals surface area (Å²) in [4.78, 5) is 11.7. The largest absolute Gasteiger partial charge is 0.494 e. The fourth-order valence-electron chi connectivity index (χ4n) is 1.95. The molecule has 4 nitrogen and oxygen atoms in total. The average molecular weight is 298 g/mol. The number of carbonyl (C=O) groups excluding carboxylic acids is 1. The normalized spacial score (nSPS) is 20.5. The molecule has 0 unspecified atom stereocenters. The Morgan fingerprint density at radius 2 is 2.15 bits per heavy atom. The topological polar surface area (TPSA) is 47.6 Å². The van der Waals surface area contributed by atoms with Crippen LogP contribution < -0.4 is 10.1 Å². The van der Waals surface area contributed by atoms with Crippen LogP contribution in [0.4, 0.5) is 0 Å². The smallest absolute Gasteiger partial charge is 0.220 e. The summed E-state index contributed by atoms with van der Waals surface area (Å²) >= 11 is 5.78. The first kappa shape index (κ1) is 15.1. The monoisotopic (exact) mass is 297 g/mol. The molecule has 20 heavy (non-hydrogen) atoms. The molecule has 1 saturated carbocycles. The molecule has 1 amide bonds. The summed E-state index contributed by atoms with van der Waals surface area (Å²) in [6, 6.07) is 7.41. The number of rotatable bonds is 8. The summed E-state index contributed by atoms with van der Waals surface area (Å²) in [5, 5.41) is 3.64. The van der Waals surface area contributed by atoms with Crippen LogP contribution in [0.15, 0.2) is 24.3 Å². The first-order chi connectivity index (χ1) is 9.69. The number of nitrogens with one attached hydrogen (secondary N) is 1. The van der Waals surface area contributed by atoms with Crippen LogP contribution in [-0.2, 0) is 9.53 Å². The number of benzene rings is 1. The van der Waals surface area contributed by atoms with Gasteiger partial charge in [0, 0.05) is 18.1 Å². The number of hydrogen-bond donors (Lipinski definition) is 1. The molecule has 2 atom stereocenters. The summed E-state index contributed by atoms with van der Waals surface area (Å²) in [7, 11) is 0. The van der Waals surface area contributed by atoms with Gasteiger partial charge in [0.15, 0.2) is 0 Å². The standard InChI is InChI=1S/C15H20ClNO3/c1-2-19-14-10-13(14)17-15(18)4-3-9-20-12-7-5-11(16)6-8-12/h5-8,13-14H,2-4,9-10H2,1H3,(H,17,18)/t13-,14+/m0/s1. The Labute approximate surface area is 124 Å². The van der Waals surface area contributed by atoms with Crippen LogP contribution in [0.1, 0.15) is 26.2 Å². The number of amides is 1. The molecule has 1 fully saturated rings. The van der Waals surface area contributed by atoms with E-state index in [9.17, 15) is 4.79 Å². The summed E-state index contributed by atoms with van der Waals surface area (Å²) in [6.45, 7) is 3.19. The lowest BCUT2D eigenvalue weighted by molar-refractivity contribution is -0.121. The van der Waals surface area contributed by atoms with Crippen LogP contribution >= 0.6 is 11.6 Å². The van der Waals surface area contributed by atoms with Gasteiger partial charge in [-0.25, -0.2) is 0 Å². The van der Waals surface area contributed by atoms with Crippen LogP contribution in [-0.4, -0.2) is 31.3 Å². The average Bonchev–Trinajstić information content (AvgIpc) is 3.15. The van der Waals surface area contributed by atoms with Gasteiger partial charge in [-0.1, -0.05) is 11.6 Å². The van der Waals surface area contributed by atoms with Crippen molar-refractivity contribution >= 4 is 17.5 Å². The predicted octanol–water partition coefficient (Wildman–Crippen LogP) is 2.79. The lowest BCUT2D eigenvalue weighted by Crippen LogP contribution is -2.28. The third-order valence-electron chi connectivity index (χ3n) is 3.09. The molecule has 0 spiro atoms. The molecule has 0 aliphatic heterocycles. The first-order valence-electron chi connectivity index (χ1n) is 6.98. The minimum absolute atomic E-state index is 0.0666. The summed E-state index contributed by atoms with van der Waals surface area (Å²) in [6.07, 6.45) is 2.32. The van der Waals surface area contributed by atoms with E-state index < -0.39 is 0 Å². The van der Waals surface area contributed by atoms with E-state index in [4.69, 9.17) is 21.1 Å². The Kier molecular flexibility index (Phi) is 5.68. The highest BCUT2D eigenvalue weighted by atomic mass is 35.5. The fourth-order valence-corrected chi connectivity index (χ4v) is 2.08. The maximum Gasteiger partial charge on any atom is 0.220 e. The third-order valence-corrected chi connectivity index (χ3v) is 3.34. The maximum absolute atomic E-state index is 11.7. The second-order valence-electron chi connectivity index (χ2n) is 4.81. The van der Waals surface area contributed by atoms with E-state index in [1.165, 1.54) is 0 Å². The number of halogens is 1. The van der Waals surface area contributed by atoms with Gasteiger partial charge in [0.05, 0.1) is 18.8 Å². The van der Waals surface area contributed by atoms with Crippen molar-refractivity contribution in [1.29, 1.82) is 0 Å². The zero-order valence-electron chi connectivity index (χ0n) is 11.6. The van der Waals surface area contributed by atoms with Crippen LogP contribution in [0.25, 0.3) is 0 Å². The van der Waals surface area contributed by atoms with Crippen molar-refractivity contribution in [3.63, 3.8) is 0 Å². The lowest BCUT2D eigenvalue weighted by atomic mass is 10.3. The number of hydrogen-bond acceptors (Lipinski definition) is 3. The van der Waals surface area contributed by atoms with E-state index in [1.807, 2.05) is 19.1 Å². The molecule has 1 aliphatic rings. The fraction of sp³-hybridized carbons (Fsp3) is 0.533. The molecule has 1 aliphatic carbocycles. The van der Waals surface area contributed by atoms with Gasteiger partial charge in [-0.05, 0) is 44.0 Å². The predicted molar refractivity (Wildman–Crippen MR) is 78.1 cm³/mol. The highest BCUT2D eigenvalue weighted by Crippen LogP contribution is 2.25. The van der Waals surface area contributed by atoms with Gasteiger partial charge >= 0.3 is 0 Å². The van der Waals surface area contributed by atoms with Crippen molar-refractivity contribution in [3.8, 4) is 5.75 Å². The van der Waals surface area contributed by atoms with Crippen LogP contribution in [0.5, 0.6) is 5.75 Å². The summed E-state index contributed by atoms with van der Waals surface area (Å²) < 4.78 is 10.9. The van der Waals surface area contributed by atoms with Gasteiger partial charge < -0.3 is 14.8 Å². The van der Waals surface area contributed by atoms with E-state index in [2.05, 4.69) is 5.32 Å². The Balaban J connectivity index is 1.55. The van der Waals surface area contributed by atoms with E-state index in [0.717, 1.165) is 12.2 Å². The number of carbonyl (C=O) groups is 1. The van der Waals surface area contributed by atoms with E-state index >= 15 is 0 Å². The number of ether oxygens (including phenoxy) is 2. The second-order valence-corrected chi connectivity index (χ2v) is 5.25. The molecule has 0 heterocycles. The molecule has 1 N–H and O–H groups in total. The zero-order valence-corrected chi connectivity index (χ0v) is 12.4. The molecule has 5 heteroatoms. The van der Waals surface area contributed by atoms with E-state index in [0.29, 0.717) is 31.1 Å². The first-order valence-corrected chi connectivity index (χ1v) is 7.36. The quantitative estimate of drug-likeness (QED) is 0.751. The van der Waals surface area contributed by atoms with Crippen molar-refractivity contribution in [2.24, 2.45) is 0 Å². The third kappa shape index (κ3) is 5.02. The summed E-state index contributed by atoms with van der Waals surface area (Å²) in [5.74, 6) is 0.838. The minimum atomic E-state index is 0.0666. The van der Waals surface area contributed by atoms with Crippen molar-refractivity contribution in [1.82, 2.24) is 5.32 Å². The van der Waals surface area contributed by atoms with Gasteiger partial charge in [0.25, 0.3) is 0 Å². The summed E-state index contributed by atoms with van der Waals surface area (Å²) in [5.41, 5.74) is 0. The molecule has 0 radical (unpaired) electrons. The maximum atomic E-state index is 11.7. The Morgan fingerprint density at radius 1 is 1.40 bits per heavy atom. The highest BCUT2D eigenvalue weighted by Gasteiger charge is 2.38. The highest BCUT2D eigenvalue weighted by molar-refractivity contribution is 6.30. The second kappa shape index (κ2) is 7.50. The SMILES string of the molecule is CCO[C@@H]1C[C@@H]1NC(=O)CCCOc1ccc(Cl)cc1. The van der Waals surface area contributed by atoms with Gasteiger partial charge in [0.1, 0.15) is 5.75 Å². The Bertz CT molecular complexity index is 435. The minimum Gasteiger partial charge on any atom is -0.494 e. The van der Waals surface area contributed by atoms with Crippen molar-refractivity contribution in [2.45, 2.75) is 38.3 Å². The molecular formula is C15H20ClNO3. The molecule has 2 rings (SSSR count). The van der Waals surface area contributed by atoms with Crippen molar-refractivity contribution in [2.75, 3.05) is 13.2 Å². The zero-order chi connectivity index (χ0) is 14.4. The van der Waals surface area contributed by atoms with Gasteiger partial charge in [-0.15, -0.1) is 0 Å². The molecular weight excluding hydrogens is 278 g/mol. The van der Waals surface area contributed by atoms with E-state index in [1.54, 1.807) is 12.1 Å². The van der Waals surface area contributed by atoms with Gasteiger partial charge in [0.2, 0.25) is 5.91 Å². The van der Waals surface area contributed by atoms with Crippen LogP contribution in [0.2, 0.25) is 5.02 Å². The Morgan fingerprint density at radius 3 is 2.85 bits per heavy atom. The van der Waals surface area contributed by atoms with Crippen molar-refractivity contribution in [3.05, 3.63) is 29.3 Å². The van der Waals surface area contributed by atoms with Crippen LogP contribution in [0.3, 0.4) is 0 Å². The molecule has 0 bridgehead atoms. The molecule has 110 valence electrons. The Hall–Kier alpha value is -1.26. The van der Waals surface area contributed by atoms with Crippen LogP contribution in [0, 0.1) is 0 Å². The van der Waals surface area contributed by atoms with E-state index in [-0.39, 0.29) is 18.1 Å². The molecule has 1 aromatic rings. The molecule has 0 aromatic heterocycles.